The number of pyridine rings is 2. The van der Waals surface area contributed by atoms with E-state index in [1.807, 2.05) is 41.4 Å². The smallest absolute Gasteiger partial charge is 0.255 e. The summed E-state index contributed by atoms with van der Waals surface area (Å²) < 4.78 is 1.44. The zero-order chi connectivity index (χ0) is 21.1. The Morgan fingerprint density at radius 2 is 1.97 bits per heavy atom. The van der Waals surface area contributed by atoms with E-state index >= 15 is 0 Å². The number of hydrogen-bond donors (Lipinski definition) is 0. The average molecular weight is 422 g/mol. The second-order valence-electron chi connectivity index (χ2n) is 7.73. The number of aromatic nitrogens is 2. The lowest BCUT2D eigenvalue weighted by Crippen LogP contribution is -2.39. The van der Waals surface area contributed by atoms with E-state index in [1.54, 1.807) is 19.3 Å². The number of aryl methyl sites for hydroxylation is 1. The molecule has 0 spiro atoms. The number of carbonyl (C=O) groups excluding carboxylic acids is 1. The van der Waals surface area contributed by atoms with Crippen molar-refractivity contribution in [2.24, 2.45) is 7.05 Å². The summed E-state index contributed by atoms with van der Waals surface area (Å²) in [6.45, 7) is 0.702. The van der Waals surface area contributed by atoms with Crippen molar-refractivity contribution >= 4 is 17.5 Å². The fourth-order valence-electron chi connectivity index (χ4n) is 3.98. The first-order valence-electron chi connectivity index (χ1n) is 10.2. The van der Waals surface area contributed by atoms with E-state index in [0.717, 1.165) is 41.1 Å². The first-order chi connectivity index (χ1) is 14.5. The number of amides is 1. The lowest BCUT2D eigenvalue weighted by atomic mass is 9.95. The predicted molar refractivity (Wildman–Crippen MR) is 118 cm³/mol. The zero-order valence-electron chi connectivity index (χ0n) is 16.9. The number of benzene rings is 1. The van der Waals surface area contributed by atoms with Gasteiger partial charge in [-0.15, -0.1) is 0 Å². The van der Waals surface area contributed by atoms with E-state index in [-0.39, 0.29) is 17.5 Å². The third kappa shape index (κ3) is 4.31. The molecular weight excluding hydrogens is 398 g/mol. The topological polar surface area (TPSA) is 55.2 Å². The van der Waals surface area contributed by atoms with Gasteiger partial charge in [0.25, 0.3) is 5.91 Å². The van der Waals surface area contributed by atoms with Crippen LogP contribution in [-0.2, 0) is 13.5 Å². The van der Waals surface area contributed by atoms with Crippen LogP contribution in [-0.4, -0.2) is 26.9 Å². The standard InChI is InChI=1S/C24H24ClN3O2/c1-27-16-19(10-12-23(27)29)24(30)28-13-5-4-8-22(28)18-9-11-20(26-15-18)14-17-6-2-3-7-21(17)25/h2-3,6-7,9-12,15-16,22H,4-5,8,13-14H2,1H3/t22-/m1/s1. The van der Waals surface area contributed by atoms with Crippen LogP contribution in [0.3, 0.4) is 0 Å². The van der Waals surface area contributed by atoms with Crippen molar-refractivity contribution in [1.82, 2.24) is 14.5 Å². The first kappa shape index (κ1) is 20.4. The summed E-state index contributed by atoms with van der Waals surface area (Å²) in [4.78, 5) is 31.4. The molecule has 0 saturated carbocycles. The van der Waals surface area contributed by atoms with Gasteiger partial charge in [0.2, 0.25) is 5.56 Å². The molecule has 0 unspecified atom stereocenters. The third-order valence-corrected chi connectivity index (χ3v) is 6.03. The summed E-state index contributed by atoms with van der Waals surface area (Å²) in [6.07, 6.45) is 7.12. The fourth-order valence-corrected chi connectivity index (χ4v) is 4.18. The number of hydrogen-bond acceptors (Lipinski definition) is 3. The lowest BCUT2D eigenvalue weighted by Gasteiger charge is -2.36. The monoisotopic (exact) mass is 421 g/mol. The van der Waals surface area contributed by atoms with Crippen LogP contribution < -0.4 is 5.56 Å². The van der Waals surface area contributed by atoms with Gasteiger partial charge in [-0.2, -0.15) is 0 Å². The summed E-state index contributed by atoms with van der Waals surface area (Å²) in [6, 6.07) is 14.9. The molecule has 30 heavy (non-hydrogen) atoms. The normalized spacial score (nSPS) is 16.5. The Morgan fingerprint density at radius 3 is 2.70 bits per heavy atom. The summed E-state index contributed by atoms with van der Waals surface area (Å²) in [5, 5.41) is 0.740. The van der Waals surface area contributed by atoms with Gasteiger partial charge in [0.05, 0.1) is 11.6 Å². The van der Waals surface area contributed by atoms with Crippen LogP contribution in [0.1, 0.15) is 52.5 Å². The van der Waals surface area contributed by atoms with Crippen LogP contribution in [0.5, 0.6) is 0 Å². The molecule has 1 saturated heterocycles. The molecule has 0 radical (unpaired) electrons. The van der Waals surface area contributed by atoms with Gasteiger partial charge >= 0.3 is 0 Å². The van der Waals surface area contributed by atoms with E-state index in [2.05, 4.69) is 11.1 Å². The maximum atomic E-state index is 13.2. The lowest BCUT2D eigenvalue weighted by molar-refractivity contribution is 0.0610. The first-order valence-corrected chi connectivity index (χ1v) is 10.6. The van der Waals surface area contributed by atoms with Crippen molar-refractivity contribution in [2.45, 2.75) is 31.7 Å². The van der Waals surface area contributed by atoms with Gasteiger partial charge in [0, 0.05) is 49.2 Å². The van der Waals surface area contributed by atoms with Crippen molar-refractivity contribution in [1.29, 1.82) is 0 Å². The molecule has 1 atom stereocenters. The minimum atomic E-state index is -0.125. The molecule has 2 aromatic heterocycles. The average Bonchev–Trinajstić information content (AvgIpc) is 2.77. The van der Waals surface area contributed by atoms with E-state index in [4.69, 9.17) is 11.6 Å². The van der Waals surface area contributed by atoms with Crippen LogP contribution in [0, 0.1) is 0 Å². The SMILES string of the molecule is Cn1cc(C(=O)N2CCCC[C@@H]2c2ccc(Cc3ccccc3Cl)nc2)ccc1=O. The van der Waals surface area contributed by atoms with E-state index in [1.165, 1.54) is 10.6 Å². The molecule has 0 N–H and O–H groups in total. The van der Waals surface area contributed by atoms with Gasteiger partial charge in [-0.25, -0.2) is 0 Å². The van der Waals surface area contributed by atoms with Crippen molar-refractivity contribution in [3.8, 4) is 0 Å². The number of rotatable bonds is 4. The quantitative estimate of drug-likeness (QED) is 0.627. The Labute approximate surface area is 180 Å². The second kappa shape index (κ2) is 8.84. The molecule has 5 nitrogen and oxygen atoms in total. The third-order valence-electron chi connectivity index (χ3n) is 5.66. The van der Waals surface area contributed by atoms with E-state index in [9.17, 15) is 9.59 Å². The second-order valence-corrected chi connectivity index (χ2v) is 8.14. The maximum Gasteiger partial charge on any atom is 0.255 e. The molecular formula is C24H24ClN3O2. The fraction of sp³-hybridized carbons (Fsp3) is 0.292. The van der Waals surface area contributed by atoms with Crippen molar-refractivity contribution in [3.63, 3.8) is 0 Å². The van der Waals surface area contributed by atoms with Crippen molar-refractivity contribution < 1.29 is 4.79 Å². The highest BCUT2D eigenvalue weighted by molar-refractivity contribution is 6.31. The number of likely N-dealkylation sites (tertiary alicyclic amines) is 1. The minimum Gasteiger partial charge on any atom is -0.332 e. The van der Waals surface area contributed by atoms with Crippen LogP contribution >= 0.6 is 11.6 Å². The van der Waals surface area contributed by atoms with Crippen molar-refractivity contribution in [3.05, 3.63) is 98.7 Å². The van der Waals surface area contributed by atoms with Gasteiger partial charge in [0.1, 0.15) is 0 Å². The van der Waals surface area contributed by atoms with Gasteiger partial charge in [-0.05, 0) is 48.6 Å². The Bertz CT molecular complexity index is 1110. The van der Waals surface area contributed by atoms with Crippen LogP contribution in [0.25, 0.3) is 0 Å². The number of nitrogens with zero attached hydrogens (tertiary/aromatic N) is 3. The molecule has 3 aromatic rings. The molecule has 1 amide bonds. The van der Waals surface area contributed by atoms with Gasteiger partial charge in [-0.3, -0.25) is 14.6 Å². The van der Waals surface area contributed by atoms with E-state index in [0.29, 0.717) is 18.5 Å². The van der Waals surface area contributed by atoms with Gasteiger partial charge in [0.15, 0.2) is 0 Å². The summed E-state index contributed by atoms with van der Waals surface area (Å²) in [7, 11) is 1.66. The molecule has 0 aliphatic carbocycles. The van der Waals surface area contributed by atoms with Crippen LogP contribution in [0.15, 0.2) is 65.7 Å². The van der Waals surface area contributed by atoms with Gasteiger partial charge < -0.3 is 9.47 Å². The molecule has 1 aromatic carbocycles. The number of halogens is 1. The zero-order valence-corrected chi connectivity index (χ0v) is 17.7. The molecule has 1 aliphatic rings. The highest BCUT2D eigenvalue weighted by Crippen LogP contribution is 2.32. The van der Waals surface area contributed by atoms with Crippen LogP contribution in [0.4, 0.5) is 0 Å². The largest absolute Gasteiger partial charge is 0.332 e. The minimum absolute atomic E-state index is 0.00894. The predicted octanol–water partition coefficient (Wildman–Crippen LogP) is 4.39. The highest BCUT2D eigenvalue weighted by atomic mass is 35.5. The Balaban J connectivity index is 1.55. The molecule has 4 rings (SSSR count). The molecule has 3 heterocycles. The summed E-state index contributed by atoms with van der Waals surface area (Å²) in [5.74, 6) is -0.0459. The maximum absolute atomic E-state index is 13.2. The highest BCUT2D eigenvalue weighted by Gasteiger charge is 2.29. The molecule has 1 fully saturated rings. The number of piperidine rings is 1. The van der Waals surface area contributed by atoms with E-state index < -0.39 is 0 Å². The Hall–Kier alpha value is -2.92. The summed E-state index contributed by atoms with van der Waals surface area (Å²) in [5.41, 5.74) is 3.44. The Morgan fingerprint density at radius 1 is 1.13 bits per heavy atom. The van der Waals surface area contributed by atoms with Crippen molar-refractivity contribution in [2.75, 3.05) is 6.54 Å². The number of carbonyl (C=O) groups is 1. The molecule has 0 bridgehead atoms. The Kier molecular flexibility index (Phi) is 6.00. The summed E-state index contributed by atoms with van der Waals surface area (Å²) >= 11 is 6.27. The molecule has 1 aliphatic heterocycles. The van der Waals surface area contributed by atoms with Crippen LogP contribution in [0.2, 0.25) is 5.02 Å². The molecule has 6 heteroatoms. The molecule has 154 valence electrons. The van der Waals surface area contributed by atoms with Gasteiger partial charge in [-0.1, -0.05) is 35.9 Å².